The van der Waals surface area contributed by atoms with E-state index in [1.165, 1.54) is 19.2 Å². The molecular formula is C18H18BrFN2O3. The number of ether oxygens (including phenoxy) is 2. The maximum absolute atomic E-state index is 13.7. The fourth-order valence-corrected chi connectivity index (χ4v) is 2.36. The van der Waals surface area contributed by atoms with Crippen LogP contribution in [0.15, 0.2) is 52.0 Å². The van der Waals surface area contributed by atoms with Gasteiger partial charge in [-0.2, -0.15) is 5.10 Å². The van der Waals surface area contributed by atoms with E-state index in [4.69, 9.17) is 9.47 Å². The molecule has 0 bridgehead atoms. The Bertz CT molecular complexity index is 796. The van der Waals surface area contributed by atoms with Crippen molar-refractivity contribution in [3.8, 4) is 11.5 Å². The van der Waals surface area contributed by atoms with Gasteiger partial charge >= 0.3 is 0 Å². The first-order chi connectivity index (χ1) is 11.9. The number of hydrogen-bond acceptors (Lipinski definition) is 4. The van der Waals surface area contributed by atoms with E-state index in [-0.39, 0.29) is 5.75 Å². The molecule has 1 atom stereocenters. The van der Waals surface area contributed by atoms with Gasteiger partial charge in [-0.3, -0.25) is 4.79 Å². The smallest absolute Gasteiger partial charge is 0.280 e. The molecule has 0 spiro atoms. The summed E-state index contributed by atoms with van der Waals surface area (Å²) in [5.41, 5.74) is 3.43. The summed E-state index contributed by atoms with van der Waals surface area (Å²) in [5.74, 6) is -0.188. The molecule has 7 heteroatoms. The zero-order valence-corrected chi connectivity index (χ0v) is 15.6. The van der Waals surface area contributed by atoms with Crippen LogP contribution in [0.3, 0.4) is 0 Å². The number of nitrogens with zero attached hydrogens (tertiary/aromatic N) is 1. The van der Waals surface area contributed by atoms with Gasteiger partial charge in [-0.05, 0) is 50.2 Å². The van der Waals surface area contributed by atoms with E-state index < -0.39 is 17.8 Å². The predicted molar refractivity (Wildman–Crippen MR) is 97.5 cm³/mol. The number of hydrazone groups is 1. The number of amides is 1. The van der Waals surface area contributed by atoms with Crippen LogP contribution in [0.2, 0.25) is 0 Å². The van der Waals surface area contributed by atoms with Gasteiger partial charge < -0.3 is 9.47 Å². The summed E-state index contributed by atoms with van der Waals surface area (Å²) in [6, 6.07) is 11.6. The van der Waals surface area contributed by atoms with Crippen molar-refractivity contribution in [2.75, 3.05) is 7.11 Å². The third-order valence-electron chi connectivity index (χ3n) is 3.38. The summed E-state index contributed by atoms with van der Waals surface area (Å²) in [4.78, 5) is 12.1. The number of carbonyl (C=O) groups is 1. The molecule has 5 nitrogen and oxygen atoms in total. The van der Waals surface area contributed by atoms with Gasteiger partial charge in [-0.15, -0.1) is 0 Å². The van der Waals surface area contributed by atoms with Crippen LogP contribution in [0.1, 0.15) is 19.4 Å². The van der Waals surface area contributed by atoms with Crippen LogP contribution >= 0.6 is 15.9 Å². The number of rotatable bonds is 6. The van der Waals surface area contributed by atoms with Gasteiger partial charge in [0.05, 0.1) is 12.8 Å². The fraction of sp³-hybridized carbons (Fsp3) is 0.222. The SMILES string of the molecule is COc1ccc(/C(C)=N\NC(=O)[C@H](C)Oc2cccc(Br)c2)cc1F. The van der Waals surface area contributed by atoms with E-state index in [1.807, 2.05) is 12.1 Å². The summed E-state index contributed by atoms with van der Waals surface area (Å²) < 4.78 is 25.0. The van der Waals surface area contributed by atoms with Crippen molar-refractivity contribution in [3.05, 3.63) is 58.3 Å². The number of methoxy groups -OCH3 is 1. The lowest BCUT2D eigenvalue weighted by Gasteiger charge is -2.13. The van der Waals surface area contributed by atoms with Gasteiger partial charge in [-0.25, -0.2) is 9.82 Å². The Morgan fingerprint density at radius 1 is 1.28 bits per heavy atom. The number of benzene rings is 2. The maximum Gasteiger partial charge on any atom is 0.280 e. The maximum atomic E-state index is 13.7. The zero-order valence-electron chi connectivity index (χ0n) is 14.0. The van der Waals surface area contributed by atoms with Crippen molar-refractivity contribution in [2.45, 2.75) is 20.0 Å². The minimum atomic E-state index is -0.738. The largest absolute Gasteiger partial charge is 0.494 e. The molecule has 1 N–H and O–H groups in total. The molecule has 25 heavy (non-hydrogen) atoms. The van der Waals surface area contributed by atoms with Crippen LogP contribution in [-0.2, 0) is 4.79 Å². The van der Waals surface area contributed by atoms with E-state index >= 15 is 0 Å². The average Bonchev–Trinajstić information content (AvgIpc) is 2.59. The van der Waals surface area contributed by atoms with Crippen molar-refractivity contribution >= 4 is 27.5 Å². The lowest BCUT2D eigenvalue weighted by Crippen LogP contribution is -2.33. The van der Waals surface area contributed by atoms with Gasteiger partial charge in [0, 0.05) is 10.0 Å². The Hall–Kier alpha value is -2.41. The molecule has 0 aliphatic carbocycles. The highest BCUT2D eigenvalue weighted by Gasteiger charge is 2.14. The van der Waals surface area contributed by atoms with E-state index in [9.17, 15) is 9.18 Å². The van der Waals surface area contributed by atoms with Crippen molar-refractivity contribution in [3.63, 3.8) is 0 Å². The third-order valence-corrected chi connectivity index (χ3v) is 3.87. The molecule has 0 radical (unpaired) electrons. The Morgan fingerprint density at radius 2 is 2.04 bits per heavy atom. The Labute approximate surface area is 154 Å². The number of halogens is 2. The van der Waals surface area contributed by atoms with Crippen molar-refractivity contribution < 1.29 is 18.7 Å². The van der Waals surface area contributed by atoms with Crippen LogP contribution in [0.5, 0.6) is 11.5 Å². The van der Waals surface area contributed by atoms with Crippen LogP contribution in [-0.4, -0.2) is 24.8 Å². The molecule has 2 aromatic carbocycles. The minimum absolute atomic E-state index is 0.150. The normalized spacial score (nSPS) is 12.4. The lowest BCUT2D eigenvalue weighted by atomic mass is 10.1. The first-order valence-corrected chi connectivity index (χ1v) is 8.30. The summed E-state index contributed by atoms with van der Waals surface area (Å²) in [6.07, 6.45) is -0.738. The van der Waals surface area contributed by atoms with Crippen LogP contribution in [0.4, 0.5) is 4.39 Å². The fourth-order valence-electron chi connectivity index (χ4n) is 1.98. The molecule has 0 unspecified atom stereocenters. The first kappa shape index (κ1) is 18.9. The van der Waals surface area contributed by atoms with Crippen molar-refractivity contribution in [1.82, 2.24) is 5.43 Å². The molecule has 1 amide bonds. The molecule has 0 saturated heterocycles. The molecule has 0 saturated carbocycles. The number of nitrogens with one attached hydrogen (secondary N) is 1. The number of carbonyl (C=O) groups excluding carboxylic acids is 1. The van der Waals surface area contributed by atoms with Crippen LogP contribution in [0, 0.1) is 5.82 Å². The highest BCUT2D eigenvalue weighted by molar-refractivity contribution is 9.10. The van der Waals surface area contributed by atoms with Crippen LogP contribution in [0.25, 0.3) is 0 Å². The van der Waals surface area contributed by atoms with Gasteiger partial charge in [-0.1, -0.05) is 22.0 Å². The highest BCUT2D eigenvalue weighted by atomic mass is 79.9. The quantitative estimate of drug-likeness (QED) is 0.582. The molecule has 0 fully saturated rings. The molecular weight excluding hydrogens is 391 g/mol. The second-order valence-corrected chi connectivity index (χ2v) is 6.16. The molecule has 2 rings (SSSR count). The first-order valence-electron chi connectivity index (χ1n) is 7.51. The number of hydrogen-bond donors (Lipinski definition) is 1. The molecule has 0 aliphatic rings. The van der Waals surface area contributed by atoms with Gasteiger partial charge in [0.1, 0.15) is 5.75 Å². The van der Waals surface area contributed by atoms with Crippen LogP contribution < -0.4 is 14.9 Å². The Kier molecular flexibility index (Phi) is 6.52. The summed E-state index contributed by atoms with van der Waals surface area (Å²) in [6.45, 7) is 3.29. The monoisotopic (exact) mass is 408 g/mol. The minimum Gasteiger partial charge on any atom is -0.494 e. The molecule has 0 heterocycles. The van der Waals surface area contributed by atoms with Gasteiger partial charge in [0.15, 0.2) is 17.7 Å². The lowest BCUT2D eigenvalue weighted by molar-refractivity contribution is -0.127. The highest BCUT2D eigenvalue weighted by Crippen LogP contribution is 2.19. The molecule has 132 valence electrons. The zero-order chi connectivity index (χ0) is 18.4. The topological polar surface area (TPSA) is 59.9 Å². The van der Waals surface area contributed by atoms with Crippen molar-refractivity contribution in [2.24, 2.45) is 5.10 Å². The summed E-state index contributed by atoms with van der Waals surface area (Å²) in [5, 5.41) is 3.99. The van der Waals surface area contributed by atoms with E-state index in [0.29, 0.717) is 17.0 Å². The molecule has 2 aromatic rings. The van der Waals surface area contributed by atoms with Gasteiger partial charge in [0.25, 0.3) is 5.91 Å². The van der Waals surface area contributed by atoms with Gasteiger partial charge in [0.2, 0.25) is 0 Å². The third kappa shape index (κ3) is 5.29. The second-order valence-electron chi connectivity index (χ2n) is 5.24. The van der Waals surface area contributed by atoms with Crippen molar-refractivity contribution in [1.29, 1.82) is 0 Å². The van der Waals surface area contributed by atoms with E-state index in [1.54, 1.807) is 32.0 Å². The Balaban J connectivity index is 1.99. The summed E-state index contributed by atoms with van der Waals surface area (Å²) >= 11 is 3.34. The molecule has 0 aromatic heterocycles. The van der Waals surface area contributed by atoms with E-state index in [2.05, 4.69) is 26.5 Å². The summed E-state index contributed by atoms with van der Waals surface area (Å²) in [7, 11) is 1.39. The second kappa shape index (κ2) is 8.62. The Morgan fingerprint density at radius 3 is 2.68 bits per heavy atom. The average molecular weight is 409 g/mol. The predicted octanol–water partition coefficient (Wildman–Crippen LogP) is 3.90. The van der Waals surface area contributed by atoms with E-state index in [0.717, 1.165) is 4.47 Å². The standard InChI is InChI=1S/C18H18BrFN2O3/c1-11(13-7-8-17(24-3)16(20)9-13)21-22-18(23)12(2)25-15-6-4-5-14(19)10-15/h4-10,12H,1-3H3,(H,22,23)/b21-11-/t12-/m0/s1. The molecule has 0 aliphatic heterocycles.